The van der Waals surface area contributed by atoms with E-state index in [9.17, 15) is 0 Å². The van der Waals surface area contributed by atoms with E-state index < -0.39 is 0 Å². The van der Waals surface area contributed by atoms with E-state index in [1.807, 2.05) is 24.4 Å². The first-order chi connectivity index (χ1) is 13.6. The van der Waals surface area contributed by atoms with Gasteiger partial charge in [0.15, 0.2) is 0 Å². The number of rotatable bonds is 5. The summed E-state index contributed by atoms with van der Waals surface area (Å²) in [7, 11) is 1.69. The van der Waals surface area contributed by atoms with E-state index in [-0.39, 0.29) is 11.5 Å². The SMILES string of the molecule is COc1ccc(C2(CN)CCC(Oc3cc4c(cc3Cl)CNC=C4)CC2)cc1. The molecule has 0 atom stereocenters. The zero-order chi connectivity index (χ0) is 19.6. The molecule has 1 saturated carbocycles. The molecule has 0 unspecified atom stereocenters. The number of hydrogen-bond acceptors (Lipinski definition) is 4. The number of ether oxygens (including phenoxy) is 2. The van der Waals surface area contributed by atoms with Gasteiger partial charge >= 0.3 is 0 Å². The van der Waals surface area contributed by atoms with Crippen molar-refractivity contribution in [1.82, 2.24) is 5.32 Å². The first-order valence-electron chi connectivity index (χ1n) is 9.87. The van der Waals surface area contributed by atoms with Crippen LogP contribution in [0.2, 0.25) is 5.02 Å². The van der Waals surface area contributed by atoms with Crippen molar-refractivity contribution in [2.75, 3.05) is 13.7 Å². The third-order valence-electron chi connectivity index (χ3n) is 6.14. The highest BCUT2D eigenvalue weighted by Crippen LogP contribution is 2.41. The van der Waals surface area contributed by atoms with Gasteiger partial charge in [-0.25, -0.2) is 0 Å². The fraction of sp³-hybridized carbons (Fsp3) is 0.391. The van der Waals surface area contributed by atoms with Gasteiger partial charge in [0, 0.05) is 18.5 Å². The molecule has 2 aromatic carbocycles. The summed E-state index contributed by atoms with van der Waals surface area (Å²) in [4.78, 5) is 0. The minimum absolute atomic E-state index is 0.0141. The van der Waals surface area contributed by atoms with Crippen molar-refractivity contribution in [2.45, 2.75) is 43.7 Å². The second-order valence-corrected chi connectivity index (χ2v) is 8.13. The van der Waals surface area contributed by atoms with Gasteiger partial charge in [0.2, 0.25) is 0 Å². The minimum Gasteiger partial charge on any atom is -0.497 e. The van der Waals surface area contributed by atoms with Crippen molar-refractivity contribution in [2.24, 2.45) is 5.73 Å². The van der Waals surface area contributed by atoms with E-state index >= 15 is 0 Å². The third kappa shape index (κ3) is 3.71. The summed E-state index contributed by atoms with van der Waals surface area (Å²) >= 11 is 6.48. The van der Waals surface area contributed by atoms with Crippen molar-refractivity contribution in [3.8, 4) is 11.5 Å². The Morgan fingerprint density at radius 1 is 1.18 bits per heavy atom. The van der Waals surface area contributed by atoms with E-state index in [2.05, 4.69) is 29.6 Å². The second kappa shape index (κ2) is 8.06. The van der Waals surface area contributed by atoms with Gasteiger partial charge in [-0.2, -0.15) is 0 Å². The zero-order valence-corrected chi connectivity index (χ0v) is 17.0. The molecule has 28 heavy (non-hydrogen) atoms. The summed E-state index contributed by atoms with van der Waals surface area (Å²) < 4.78 is 11.6. The lowest BCUT2D eigenvalue weighted by molar-refractivity contribution is 0.118. The fourth-order valence-electron chi connectivity index (χ4n) is 4.32. The molecule has 1 aliphatic heterocycles. The quantitative estimate of drug-likeness (QED) is 0.770. The Kier molecular flexibility index (Phi) is 5.51. The van der Waals surface area contributed by atoms with Crippen molar-refractivity contribution < 1.29 is 9.47 Å². The molecule has 0 bridgehead atoms. The molecule has 1 heterocycles. The fourth-order valence-corrected chi connectivity index (χ4v) is 4.55. The van der Waals surface area contributed by atoms with Crippen LogP contribution in [0.15, 0.2) is 42.6 Å². The van der Waals surface area contributed by atoms with Crippen molar-refractivity contribution in [3.05, 3.63) is 64.3 Å². The van der Waals surface area contributed by atoms with E-state index in [1.165, 1.54) is 16.7 Å². The monoisotopic (exact) mass is 398 g/mol. The van der Waals surface area contributed by atoms with Crippen LogP contribution in [0.3, 0.4) is 0 Å². The van der Waals surface area contributed by atoms with Crippen LogP contribution in [-0.4, -0.2) is 19.8 Å². The van der Waals surface area contributed by atoms with Gasteiger partial charge in [-0.1, -0.05) is 23.7 Å². The largest absolute Gasteiger partial charge is 0.497 e. The first kappa shape index (κ1) is 19.2. The van der Waals surface area contributed by atoms with Crippen LogP contribution in [0.25, 0.3) is 6.08 Å². The number of benzene rings is 2. The summed E-state index contributed by atoms with van der Waals surface area (Å²) in [5.74, 6) is 1.65. The Balaban J connectivity index is 1.45. The van der Waals surface area contributed by atoms with E-state index in [4.69, 9.17) is 26.8 Å². The summed E-state index contributed by atoms with van der Waals surface area (Å²) in [5, 5.41) is 3.89. The molecule has 4 nitrogen and oxygen atoms in total. The predicted octanol–water partition coefficient (Wildman–Crippen LogP) is 4.64. The van der Waals surface area contributed by atoms with Crippen molar-refractivity contribution in [3.63, 3.8) is 0 Å². The van der Waals surface area contributed by atoms with Gasteiger partial charge in [0.1, 0.15) is 11.5 Å². The third-order valence-corrected chi connectivity index (χ3v) is 6.44. The smallest absolute Gasteiger partial charge is 0.138 e. The van der Waals surface area contributed by atoms with Crippen molar-refractivity contribution in [1.29, 1.82) is 0 Å². The molecule has 0 amide bonds. The van der Waals surface area contributed by atoms with Crippen LogP contribution < -0.4 is 20.5 Å². The average molecular weight is 399 g/mol. The van der Waals surface area contributed by atoms with Gasteiger partial charge in [-0.3, -0.25) is 0 Å². The second-order valence-electron chi connectivity index (χ2n) is 7.73. The molecule has 5 heteroatoms. The molecule has 4 rings (SSSR count). The molecule has 2 aliphatic rings. The molecule has 3 N–H and O–H groups in total. The maximum Gasteiger partial charge on any atom is 0.138 e. The zero-order valence-electron chi connectivity index (χ0n) is 16.2. The maximum absolute atomic E-state index is 6.48. The highest BCUT2D eigenvalue weighted by molar-refractivity contribution is 6.32. The standard InChI is InChI=1S/C23H27ClN2O2/c1-27-19-4-2-18(3-5-19)23(15-25)9-6-20(7-10-23)28-22-13-16-8-11-26-14-17(16)12-21(22)24/h2-5,8,11-13,20,26H,6-7,9-10,14-15,25H2,1H3. The topological polar surface area (TPSA) is 56.5 Å². The van der Waals surface area contributed by atoms with Gasteiger partial charge in [0.05, 0.1) is 18.2 Å². The molecule has 0 saturated heterocycles. The minimum atomic E-state index is 0.0141. The molecule has 0 radical (unpaired) electrons. The summed E-state index contributed by atoms with van der Waals surface area (Å²) in [5.41, 5.74) is 9.91. The van der Waals surface area contributed by atoms with E-state index in [0.29, 0.717) is 11.6 Å². The molecule has 2 aromatic rings. The number of halogens is 1. The van der Waals surface area contributed by atoms with Gasteiger partial charge in [-0.15, -0.1) is 0 Å². The van der Waals surface area contributed by atoms with Gasteiger partial charge < -0.3 is 20.5 Å². The van der Waals surface area contributed by atoms with Gasteiger partial charge in [0.25, 0.3) is 0 Å². The highest BCUT2D eigenvalue weighted by Gasteiger charge is 2.36. The van der Waals surface area contributed by atoms with Gasteiger partial charge in [-0.05, 0) is 78.9 Å². The summed E-state index contributed by atoms with van der Waals surface area (Å²) in [6.07, 6.45) is 8.14. The molecule has 1 aliphatic carbocycles. The maximum atomic E-state index is 6.48. The van der Waals surface area contributed by atoms with Crippen LogP contribution in [0.5, 0.6) is 11.5 Å². The molecule has 1 fully saturated rings. The Morgan fingerprint density at radius 3 is 2.61 bits per heavy atom. The first-order valence-corrected chi connectivity index (χ1v) is 10.2. The van der Waals surface area contributed by atoms with Crippen LogP contribution in [0, 0.1) is 0 Å². The number of nitrogens with two attached hydrogens (primary N) is 1. The van der Waals surface area contributed by atoms with E-state index in [0.717, 1.165) is 43.7 Å². The Labute approximate surface area is 171 Å². The van der Waals surface area contributed by atoms with Crippen LogP contribution in [-0.2, 0) is 12.0 Å². The lowest BCUT2D eigenvalue weighted by Crippen LogP contribution is -2.41. The predicted molar refractivity (Wildman–Crippen MR) is 114 cm³/mol. The number of fused-ring (bicyclic) bond motifs is 1. The molecule has 0 aromatic heterocycles. The van der Waals surface area contributed by atoms with Crippen LogP contribution in [0.1, 0.15) is 42.4 Å². The van der Waals surface area contributed by atoms with E-state index in [1.54, 1.807) is 7.11 Å². The van der Waals surface area contributed by atoms with Crippen LogP contribution in [0.4, 0.5) is 0 Å². The van der Waals surface area contributed by atoms with Crippen molar-refractivity contribution >= 4 is 17.7 Å². The van der Waals surface area contributed by atoms with Crippen LogP contribution >= 0.6 is 11.6 Å². The normalized spacial score (nSPS) is 23.6. The average Bonchev–Trinajstić information content (AvgIpc) is 2.75. The molecule has 148 valence electrons. The molecular formula is C23H27ClN2O2. The number of methoxy groups -OCH3 is 1. The number of hydrogen-bond donors (Lipinski definition) is 2. The molecule has 0 spiro atoms. The lowest BCUT2D eigenvalue weighted by atomic mass is 9.68. The summed E-state index contributed by atoms with van der Waals surface area (Å²) in [6.45, 7) is 1.44. The lowest BCUT2D eigenvalue weighted by Gasteiger charge is -2.40. The number of nitrogens with one attached hydrogen (secondary N) is 1. The highest BCUT2D eigenvalue weighted by atomic mass is 35.5. The molecular weight excluding hydrogens is 372 g/mol. The Morgan fingerprint density at radius 2 is 1.93 bits per heavy atom. The Hall–Kier alpha value is -2.17. The Bertz CT molecular complexity index is 856. The summed E-state index contributed by atoms with van der Waals surface area (Å²) in [6, 6.07) is 12.4.